The molecule has 0 radical (unpaired) electrons. The molecule has 1 rings (SSSR count). The summed E-state index contributed by atoms with van der Waals surface area (Å²) in [7, 11) is -1.89. The maximum Gasteiger partial charge on any atom is 0.233 e. The van der Waals surface area contributed by atoms with E-state index in [2.05, 4.69) is 4.72 Å². The van der Waals surface area contributed by atoms with Crippen molar-refractivity contribution in [2.45, 2.75) is 6.92 Å². The van der Waals surface area contributed by atoms with Gasteiger partial charge in [-0.15, -0.1) is 11.6 Å². The Labute approximate surface area is 112 Å². The van der Waals surface area contributed by atoms with Gasteiger partial charge in [0.15, 0.2) is 11.5 Å². The lowest BCUT2D eigenvalue weighted by molar-refractivity contribution is 0.311. The standard InChI is InChI=1S/C11H16ClNO4S/c1-3-17-11-8-9(4-5-10(11)16-2)13-18(14,15)7-6-12/h4-5,8,13H,3,6-7H2,1-2H3. The largest absolute Gasteiger partial charge is 0.493 e. The van der Waals surface area contributed by atoms with Gasteiger partial charge in [-0.25, -0.2) is 8.42 Å². The molecular weight excluding hydrogens is 278 g/mol. The summed E-state index contributed by atoms with van der Waals surface area (Å²) in [6.45, 7) is 2.30. The molecule has 0 fully saturated rings. The van der Waals surface area contributed by atoms with Gasteiger partial charge in [0, 0.05) is 11.9 Å². The van der Waals surface area contributed by atoms with Crippen LogP contribution in [0, 0.1) is 0 Å². The lowest BCUT2D eigenvalue weighted by Gasteiger charge is -2.12. The summed E-state index contributed by atoms with van der Waals surface area (Å²) in [5.41, 5.74) is 0.421. The van der Waals surface area contributed by atoms with Crippen LogP contribution in [-0.2, 0) is 10.0 Å². The quantitative estimate of drug-likeness (QED) is 0.782. The molecule has 1 aromatic rings. The molecule has 0 atom stereocenters. The number of ether oxygens (including phenoxy) is 2. The van der Waals surface area contributed by atoms with E-state index in [1.807, 2.05) is 6.92 Å². The van der Waals surface area contributed by atoms with E-state index in [-0.39, 0.29) is 11.6 Å². The molecule has 5 nitrogen and oxygen atoms in total. The Morgan fingerprint density at radius 1 is 1.33 bits per heavy atom. The summed E-state index contributed by atoms with van der Waals surface area (Å²) in [6, 6.07) is 4.82. The molecule has 7 heteroatoms. The Morgan fingerprint density at radius 2 is 2.06 bits per heavy atom. The summed E-state index contributed by atoms with van der Waals surface area (Å²) in [5, 5.41) is 0. The number of anilines is 1. The number of methoxy groups -OCH3 is 1. The van der Waals surface area contributed by atoms with Crippen molar-refractivity contribution >= 4 is 27.3 Å². The number of hydrogen-bond donors (Lipinski definition) is 1. The second-order valence-electron chi connectivity index (χ2n) is 3.41. The summed E-state index contributed by atoms with van der Waals surface area (Å²) in [4.78, 5) is 0. The number of alkyl halides is 1. The van der Waals surface area contributed by atoms with E-state index in [1.54, 1.807) is 18.2 Å². The number of benzene rings is 1. The van der Waals surface area contributed by atoms with Crippen molar-refractivity contribution < 1.29 is 17.9 Å². The van der Waals surface area contributed by atoms with Crippen molar-refractivity contribution in [1.29, 1.82) is 0 Å². The lowest BCUT2D eigenvalue weighted by Crippen LogP contribution is -2.17. The number of nitrogens with one attached hydrogen (secondary N) is 1. The molecule has 0 aliphatic heterocycles. The van der Waals surface area contributed by atoms with Crippen LogP contribution in [0.4, 0.5) is 5.69 Å². The molecule has 0 aliphatic rings. The molecule has 0 amide bonds. The number of rotatable bonds is 7. The monoisotopic (exact) mass is 293 g/mol. The minimum atomic E-state index is -3.41. The van der Waals surface area contributed by atoms with Crippen LogP contribution < -0.4 is 14.2 Å². The average molecular weight is 294 g/mol. The van der Waals surface area contributed by atoms with Crippen molar-refractivity contribution in [3.05, 3.63) is 18.2 Å². The second-order valence-corrected chi connectivity index (χ2v) is 5.63. The van der Waals surface area contributed by atoms with Crippen molar-refractivity contribution in [2.24, 2.45) is 0 Å². The van der Waals surface area contributed by atoms with E-state index in [9.17, 15) is 8.42 Å². The molecule has 0 unspecified atom stereocenters. The summed E-state index contributed by atoms with van der Waals surface area (Å²) < 4.78 is 36.0. The Kier molecular flexibility index (Phi) is 5.55. The Balaban J connectivity index is 2.94. The first-order valence-electron chi connectivity index (χ1n) is 5.39. The zero-order valence-electron chi connectivity index (χ0n) is 10.3. The minimum absolute atomic E-state index is 0.0454. The van der Waals surface area contributed by atoms with Crippen LogP contribution >= 0.6 is 11.6 Å². The second kappa shape index (κ2) is 6.70. The first-order valence-corrected chi connectivity index (χ1v) is 7.58. The van der Waals surface area contributed by atoms with Gasteiger partial charge >= 0.3 is 0 Å². The van der Waals surface area contributed by atoms with Gasteiger partial charge in [-0.3, -0.25) is 4.72 Å². The first-order chi connectivity index (χ1) is 8.52. The fourth-order valence-electron chi connectivity index (χ4n) is 1.34. The highest BCUT2D eigenvalue weighted by Crippen LogP contribution is 2.30. The molecular formula is C11H16ClNO4S. The van der Waals surface area contributed by atoms with Gasteiger partial charge in [-0.05, 0) is 19.1 Å². The van der Waals surface area contributed by atoms with Gasteiger partial charge in [0.1, 0.15) is 0 Å². The Morgan fingerprint density at radius 3 is 2.61 bits per heavy atom. The summed E-state index contributed by atoms with van der Waals surface area (Å²) in [5.74, 6) is 0.956. The van der Waals surface area contributed by atoms with E-state index in [0.717, 1.165) is 0 Å². The predicted octanol–water partition coefficient (Wildman–Crippen LogP) is 2.07. The molecule has 0 aromatic heterocycles. The molecule has 0 bridgehead atoms. The zero-order valence-corrected chi connectivity index (χ0v) is 11.8. The van der Waals surface area contributed by atoms with E-state index in [0.29, 0.717) is 23.8 Å². The normalized spacial score (nSPS) is 11.1. The molecule has 1 N–H and O–H groups in total. The van der Waals surface area contributed by atoms with Crippen LogP contribution in [-0.4, -0.2) is 33.8 Å². The highest BCUT2D eigenvalue weighted by molar-refractivity contribution is 7.92. The van der Waals surface area contributed by atoms with E-state index in [4.69, 9.17) is 21.1 Å². The van der Waals surface area contributed by atoms with Gasteiger partial charge in [0.05, 0.1) is 25.2 Å². The van der Waals surface area contributed by atoms with Crippen LogP contribution in [0.1, 0.15) is 6.92 Å². The van der Waals surface area contributed by atoms with Gasteiger partial charge in [-0.1, -0.05) is 0 Å². The summed E-state index contributed by atoms with van der Waals surface area (Å²) in [6.07, 6.45) is 0. The van der Waals surface area contributed by atoms with Gasteiger partial charge in [0.2, 0.25) is 10.0 Å². The molecule has 1 aromatic carbocycles. The SMILES string of the molecule is CCOc1cc(NS(=O)(=O)CCCl)ccc1OC. The van der Waals surface area contributed by atoms with Gasteiger partial charge in [-0.2, -0.15) is 0 Å². The number of halogens is 1. The van der Waals surface area contributed by atoms with Crippen molar-refractivity contribution in [3.8, 4) is 11.5 Å². The van der Waals surface area contributed by atoms with Crippen LogP contribution in [0.3, 0.4) is 0 Å². The summed E-state index contributed by atoms with van der Waals surface area (Å²) >= 11 is 5.42. The van der Waals surface area contributed by atoms with E-state index >= 15 is 0 Å². The fraction of sp³-hybridized carbons (Fsp3) is 0.455. The fourth-order valence-corrected chi connectivity index (χ4v) is 2.74. The molecule has 0 spiro atoms. The van der Waals surface area contributed by atoms with Crippen LogP contribution in [0.2, 0.25) is 0 Å². The average Bonchev–Trinajstić information content (AvgIpc) is 2.29. The van der Waals surface area contributed by atoms with Crippen LogP contribution in [0.5, 0.6) is 11.5 Å². The highest BCUT2D eigenvalue weighted by Gasteiger charge is 2.11. The third kappa shape index (κ3) is 4.27. The zero-order chi connectivity index (χ0) is 13.6. The highest BCUT2D eigenvalue weighted by atomic mass is 35.5. The molecule has 0 aliphatic carbocycles. The molecule has 0 heterocycles. The number of hydrogen-bond acceptors (Lipinski definition) is 4. The van der Waals surface area contributed by atoms with E-state index < -0.39 is 10.0 Å². The minimum Gasteiger partial charge on any atom is -0.493 e. The third-order valence-corrected chi connectivity index (χ3v) is 3.78. The van der Waals surface area contributed by atoms with E-state index in [1.165, 1.54) is 7.11 Å². The predicted molar refractivity (Wildman–Crippen MR) is 72.3 cm³/mol. The van der Waals surface area contributed by atoms with Crippen LogP contribution in [0.25, 0.3) is 0 Å². The molecule has 18 heavy (non-hydrogen) atoms. The molecule has 102 valence electrons. The van der Waals surface area contributed by atoms with Crippen molar-refractivity contribution in [3.63, 3.8) is 0 Å². The number of sulfonamides is 1. The van der Waals surface area contributed by atoms with Crippen LogP contribution in [0.15, 0.2) is 18.2 Å². The van der Waals surface area contributed by atoms with Crippen molar-refractivity contribution in [1.82, 2.24) is 0 Å². The Hall–Kier alpha value is -1.14. The lowest BCUT2D eigenvalue weighted by atomic mass is 10.3. The first kappa shape index (κ1) is 14.9. The molecule has 0 saturated carbocycles. The van der Waals surface area contributed by atoms with Gasteiger partial charge < -0.3 is 9.47 Å². The topological polar surface area (TPSA) is 64.6 Å². The maximum atomic E-state index is 11.6. The smallest absolute Gasteiger partial charge is 0.233 e. The maximum absolute atomic E-state index is 11.6. The van der Waals surface area contributed by atoms with Gasteiger partial charge in [0.25, 0.3) is 0 Å². The van der Waals surface area contributed by atoms with Crippen molar-refractivity contribution in [2.75, 3.05) is 30.1 Å². The Bertz CT molecular complexity index is 490. The molecule has 0 saturated heterocycles. The third-order valence-electron chi connectivity index (χ3n) is 2.08.